The molecule has 23 heavy (non-hydrogen) atoms. The van der Waals surface area contributed by atoms with Gasteiger partial charge in [0, 0.05) is 23.1 Å². The molecular weight excluding hydrogens is 386 g/mol. The minimum absolute atomic E-state index is 0.0125. The summed E-state index contributed by atoms with van der Waals surface area (Å²) in [6.45, 7) is 0. The Bertz CT molecular complexity index is 890. The van der Waals surface area contributed by atoms with Gasteiger partial charge < -0.3 is 4.42 Å². The number of nitro groups is 1. The van der Waals surface area contributed by atoms with E-state index in [9.17, 15) is 14.9 Å². The smallest absolute Gasteiger partial charge is 0.293 e. The van der Waals surface area contributed by atoms with Crippen LogP contribution in [-0.4, -0.2) is 15.8 Å². The number of nitro benzene ring substituents is 1. The van der Waals surface area contributed by atoms with Gasteiger partial charge in [-0.25, -0.2) is 4.98 Å². The van der Waals surface area contributed by atoms with E-state index in [0.717, 1.165) is 0 Å². The SMILES string of the molecule is O=C(Nc1nc(-c2cccc([N+](=O)[O-])c2)cs1)c1ccc(Br)o1. The molecule has 3 aromatic rings. The van der Waals surface area contributed by atoms with E-state index in [4.69, 9.17) is 4.42 Å². The first kappa shape index (κ1) is 15.4. The van der Waals surface area contributed by atoms with Crippen molar-refractivity contribution in [1.29, 1.82) is 0 Å². The minimum Gasteiger partial charge on any atom is -0.444 e. The van der Waals surface area contributed by atoms with Crippen molar-refractivity contribution in [3.05, 3.63) is 62.3 Å². The predicted octanol–water partition coefficient (Wildman–Crippen LogP) is 4.33. The maximum absolute atomic E-state index is 12.0. The second-order valence-corrected chi connectivity index (χ2v) is 6.04. The number of amides is 1. The lowest BCUT2D eigenvalue weighted by Gasteiger charge is -1.98. The molecule has 2 aromatic heterocycles. The highest BCUT2D eigenvalue weighted by Gasteiger charge is 2.14. The molecule has 9 heteroatoms. The summed E-state index contributed by atoms with van der Waals surface area (Å²) in [6, 6.07) is 9.31. The summed E-state index contributed by atoms with van der Waals surface area (Å²) in [6.07, 6.45) is 0. The number of hydrogen-bond donors (Lipinski definition) is 1. The highest BCUT2D eigenvalue weighted by atomic mass is 79.9. The number of hydrogen-bond acceptors (Lipinski definition) is 6. The fourth-order valence-electron chi connectivity index (χ4n) is 1.84. The van der Waals surface area contributed by atoms with Crippen LogP contribution in [0, 0.1) is 10.1 Å². The molecule has 0 spiro atoms. The maximum atomic E-state index is 12.0. The molecule has 0 aliphatic carbocycles. The number of non-ortho nitro benzene ring substituents is 1. The Hall–Kier alpha value is -2.52. The molecule has 7 nitrogen and oxygen atoms in total. The molecule has 3 rings (SSSR count). The van der Waals surface area contributed by atoms with Crippen molar-refractivity contribution in [3.63, 3.8) is 0 Å². The van der Waals surface area contributed by atoms with Crippen LogP contribution in [0.4, 0.5) is 10.8 Å². The number of anilines is 1. The Morgan fingerprint density at radius 3 is 2.87 bits per heavy atom. The average Bonchev–Trinajstić information content (AvgIpc) is 3.16. The first-order chi connectivity index (χ1) is 11.0. The average molecular weight is 394 g/mol. The van der Waals surface area contributed by atoms with Crippen molar-refractivity contribution in [3.8, 4) is 11.3 Å². The number of carbonyl (C=O) groups is 1. The normalized spacial score (nSPS) is 10.5. The molecule has 0 bridgehead atoms. The number of carbonyl (C=O) groups excluding carboxylic acids is 1. The van der Waals surface area contributed by atoms with Gasteiger partial charge in [0.1, 0.15) is 0 Å². The Morgan fingerprint density at radius 1 is 1.35 bits per heavy atom. The molecule has 0 atom stereocenters. The lowest BCUT2D eigenvalue weighted by atomic mass is 10.1. The van der Waals surface area contributed by atoms with Crippen molar-refractivity contribution in [2.75, 3.05) is 5.32 Å². The molecule has 0 aliphatic rings. The lowest BCUT2D eigenvalue weighted by Crippen LogP contribution is -2.10. The van der Waals surface area contributed by atoms with E-state index in [1.807, 2.05) is 0 Å². The second-order valence-electron chi connectivity index (χ2n) is 4.40. The summed E-state index contributed by atoms with van der Waals surface area (Å²) in [7, 11) is 0. The zero-order valence-corrected chi connectivity index (χ0v) is 13.8. The summed E-state index contributed by atoms with van der Waals surface area (Å²) in [5.41, 5.74) is 1.15. The lowest BCUT2D eigenvalue weighted by molar-refractivity contribution is -0.384. The number of halogens is 1. The zero-order valence-electron chi connectivity index (χ0n) is 11.4. The number of aromatic nitrogens is 1. The van der Waals surface area contributed by atoms with Crippen molar-refractivity contribution in [2.24, 2.45) is 0 Å². The first-order valence-electron chi connectivity index (χ1n) is 6.30. The van der Waals surface area contributed by atoms with Crippen molar-refractivity contribution < 1.29 is 14.1 Å². The third-order valence-corrected chi connectivity index (χ3v) is 4.06. The Balaban J connectivity index is 1.79. The van der Waals surface area contributed by atoms with Gasteiger partial charge in [-0.1, -0.05) is 12.1 Å². The third kappa shape index (κ3) is 3.46. The number of thiazole rings is 1. The quantitative estimate of drug-likeness (QED) is 0.525. The van der Waals surface area contributed by atoms with Crippen molar-refractivity contribution >= 4 is 44.0 Å². The van der Waals surface area contributed by atoms with Crippen molar-refractivity contribution in [2.45, 2.75) is 0 Å². The molecular formula is C14H8BrN3O4S. The van der Waals surface area contributed by atoms with Crippen LogP contribution in [0.15, 0.2) is 50.9 Å². The van der Waals surface area contributed by atoms with Gasteiger partial charge in [0.05, 0.1) is 10.6 Å². The summed E-state index contributed by atoms with van der Waals surface area (Å²) in [4.78, 5) is 26.6. The van der Waals surface area contributed by atoms with Crippen molar-refractivity contribution in [1.82, 2.24) is 4.98 Å². The van der Waals surface area contributed by atoms with Gasteiger partial charge in [-0.15, -0.1) is 11.3 Å². The molecule has 1 amide bonds. The summed E-state index contributed by atoms with van der Waals surface area (Å²) in [5.74, 6) is -0.264. The van der Waals surface area contributed by atoms with Gasteiger partial charge in [0.25, 0.3) is 11.6 Å². The minimum atomic E-state index is -0.465. The van der Waals surface area contributed by atoms with E-state index in [1.54, 1.807) is 23.6 Å². The highest BCUT2D eigenvalue weighted by Crippen LogP contribution is 2.27. The van der Waals surface area contributed by atoms with Crippen LogP contribution in [0.25, 0.3) is 11.3 Å². The predicted molar refractivity (Wildman–Crippen MR) is 88.6 cm³/mol. The van der Waals surface area contributed by atoms with Crippen LogP contribution < -0.4 is 5.32 Å². The molecule has 0 unspecified atom stereocenters. The third-order valence-electron chi connectivity index (χ3n) is 2.87. The molecule has 0 radical (unpaired) electrons. The van der Waals surface area contributed by atoms with Gasteiger partial charge in [-0.05, 0) is 28.1 Å². The number of benzene rings is 1. The maximum Gasteiger partial charge on any atom is 0.293 e. The van der Waals surface area contributed by atoms with Crippen LogP contribution in [0.1, 0.15) is 10.6 Å². The van der Waals surface area contributed by atoms with Gasteiger partial charge in [0.2, 0.25) is 0 Å². The topological polar surface area (TPSA) is 98.3 Å². The number of furan rings is 1. The van der Waals surface area contributed by atoms with Crippen LogP contribution >= 0.6 is 27.3 Å². The number of nitrogens with zero attached hydrogens (tertiary/aromatic N) is 2. The molecule has 0 fully saturated rings. The van der Waals surface area contributed by atoms with Crippen LogP contribution in [0.2, 0.25) is 0 Å². The Labute approximate surface area is 142 Å². The van der Waals surface area contributed by atoms with E-state index >= 15 is 0 Å². The Kier molecular flexibility index (Phi) is 4.22. The summed E-state index contributed by atoms with van der Waals surface area (Å²) >= 11 is 4.35. The monoisotopic (exact) mass is 393 g/mol. The summed E-state index contributed by atoms with van der Waals surface area (Å²) < 4.78 is 5.62. The standard InChI is InChI=1S/C14H8BrN3O4S/c15-12-5-4-11(22-12)13(19)17-14-16-10(7-23-14)8-2-1-3-9(6-8)18(20)21/h1-7H,(H,16,17,19). The molecule has 0 saturated heterocycles. The van der Waals surface area contributed by atoms with Gasteiger partial charge in [-0.3, -0.25) is 20.2 Å². The van der Waals surface area contributed by atoms with Crippen LogP contribution in [0.3, 0.4) is 0 Å². The fraction of sp³-hybridized carbons (Fsp3) is 0. The molecule has 0 aliphatic heterocycles. The van der Waals surface area contributed by atoms with E-state index < -0.39 is 10.8 Å². The van der Waals surface area contributed by atoms with Gasteiger partial charge in [-0.2, -0.15) is 0 Å². The summed E-state index contributed by atoms with van der Waals surface area (Å²) in [5, 5.41) is 15.5. The fourth-order valence-corrected chi connectivity index (χ4v) is 2.86. The van der Waals surface area contributed by atoms with E-state index in [2.05, 4.69) is 26.2 Å². The molecule has 116 valence electrons. The van der Waals surface area contributed by atoms with Gasteiger partial charge >= 0.3 is 0 Å². The Morgan fingerprint density at radius 2 is 2.17 bits per heavy atom. The molecule has 0 saturated carbocycles. The van der Waals surface area contributed by atoms with Crippen LogP contribution in [0.5, 0.6) is 0 Å². The number of nitrogens with one attached hydrogen (secondary N) is 1. The van der Waals surface area contributed by atoms with Crippen LogP contribution in [-0.2, 0) is 0 Å². The molecule has 1 N–H and O–H groups in total. The zero-order chi connectivity index (χ0) is 16.4. The van der Waals surface area contributed by atoms with Gasteiger partial charge in [0.15, 0.2) is 15.6 Å². The largest absolute Gasteiger partial charge is 0.444 e. The van der Waals surface area contributed by atoms with E-state index in [-0.39, 0.29) is 11.4 Å². The number of rotatable bonds is 4. The first-order valence-corrected chi connectivity index (χ1v) is 7.97. The highest BCUT2D eigenvalue weighted by molar-refractivity contribution is 9.10. The molecule has 1 aromatic carbocycles. The van der Waals surface area contributed by atoms with E-state index in [0.29, 0.717) is 21.1 Å². The van der Waals surface area contributed by atoms with E-state index in [1.165, 1.54) is 29.5 Å². The molecule has 2 heterocycles. The second kappa shape index (κ2) is 6.31.